The van der Waals surface area contributed by atoms with Gasteiger partial charge < -0.3 is 20.6 Å². The molecule has 6 heteroatoms. The summed E-state index contributed by atoms with van der Waals surface area (Å²) in [5, 5.41) is 19.7. The lowest BCUT2D eigenvalue weighted by Gasteiger charge is -2.34. The highest BCUT2D eigenvalue weighted by Gasteiger charge is 2.30. The molecule has 1 heterocycles. The van der Waals surface area contributed by atoms with Crippen LogP contribution < -0.4 is 10.6 Å². The number of carbonyl (C=O) groups is 2. The van der Waals surface area contributed by atoms with Crippen LogP contribution in [0.4, 0.5) is 0 Å². The number of amides is 2. The van der Waals surface area contributed by atoms with E-state index in [-0.39, 0.29) is 22.9 Å². The molecule has 44 heavy (non-hydrogen) atoms. The third-order valence-corrected chi connectivity index (χ3v) is 7.83. The number of nitrogens with zero attached hydrogens (tertiary/aromatic N) is 1. The first-order valence-corrected chi connectivity index (χ1v) is 16.1. The van der Waals surface area contributed by atoms with Gasteiger partial charge in [-0.25, -0.2) is 0 Å². The van der Waals surface area contributed by atoms with Crippen molar-refractivity contribution >= 4 is 22.6 Å². The summed E-state index contributed by atoms with van der Waals surface area (Å²) in [4.78, 5) is 29.0. The molecule has 0 aromatic heterocycles. The third kappa shape index (κ3) is 9.39. The van der Waals surface area contributed by atoms with E-state index in [0.29, 0.717) is 31.4 Å². The molecular formula is C38H55N3O3. The number of hydrogen-bond donors (Lipinski definition) is 3. The molecule has 1 aliphatic rings. The molecule has 0 fully saturated rings. The molecule has 4 rings (SSSR count). The van der Waals surface area contributed by atoms with E-state index in [1.54, 1.807) is 4.90 Å². The van der Waals surface area contributed by atoms with Crippen LogP contribution in [0.3, 0.4) is 0 Å². The van der Waals surface area contributed by atoms with Crippen LogP contribution in [-0.2, 0) is 25.8 Å². The highest BCUT2D eigenvalue weighted by molar-refractivity contribution is 6.08. The Morgan fingerprint density at radius 3 is 2.20 bits per heavy atom. The van der Waals surface area contributed by atoms with Crippen LogP contribution in [0.25, 0.3) is 10.8 Å². The van der Waals surface area contributed by atoms with Crippen molar-refractivity contribution in [2.24, 2.45) is 5.92 Å². The largest absolute Gasteiger partial charge is 0.393 e. The predicted octanol–water partition coefficient (Wildman–Crippen LogP) is 7.08. The van der Waals surface area contributed by atoms with E-state index in [1.165, 1.54) is 5.56 Å². The Morgan fingerprint density at radius 1 is 0.932 bits per heavy atom. The lowest BCUT2D eigenvalue weighted by molar-refractivity contribution is 0.0651. The molecular weight excluding hydrogens is 546 g/mol. The van der Waals surface area contributed by atoms with Crippen molar-refractivity contribution in [2.45, 2.75) is 112 Å². The SMILES string of the molecule is CC(C)C.CN(C(=O)c1c(CC(O)CCc2ccc3ccccc3c2C(=O)NC(C)(C)C)ccc2c1CNCC2)C(C)(C)C. The van der Waals surface area contributed by atoms with E-state index in [9.17, 15) is 14.7 Å². The predicted molar refractivity (Wildman–Crippen MR) is 183 cm³/mol. The van der Waals surface area contributed by atoms with Crippen molar-refractivity contribution in [1.82, 2.24) is 15.5 Å². The molecule has 0 bridgehead atoms. The molecule has 0 saturated carbocycles. The average molecular weight is 602 g/mol. The summed E-state index contributed by atoms with van der Waals surface area (Å²) in [5.74, 6) is 0.722. The molecule has 2 amide bonds. The first-order valence-electron chi connectivity index (χ1n) is 16.1. The standard InChI is InChI=1S/C34H45N3O3.C4H10/c1-33(2,3)36-31(39)29-24(14-12-22-10-8-9-11-27(22)29)16-17-26(38)20-25-15-13-23-18-19-35-21-28(23)30(25)32(40)37(7)34(4,5)6;1-4(2)3/h8-15,26,35,38H,16-21H2,1-7H3,(H,36,39);4H,1-3H3. The van der Waals surface area contributed by atoms with E-state index in [0.717, 1.165) is 51.9 Å². The molecule has 3 N–H and O–H groups in total. The zero-order valence-corrected chi connectivity index (χ0v) is 28.7. The van der Waals surface area contributed by atoms with Crippen molar-refractivity contribution in [3.63, 3.8) is 0 Å². The van der Waals surface area contributed by atoms with Crippen molar-refractivity contribution in [3.8, 4) is 0 Å². The van der Waals surface area contributed by atoms with E-state index in [2.05, 4.69) is 37.5 Å². The van der Waals surface area contributed by atoms with Crippen molar-refractivity contribution < 1.29 is 14.7 Å². The molecule has 1 atom stereocenters. The van der Waals surface area contributed by atoms with E-state index < -0.39 is 6.10 Å². The highest BCUT2D eigenvalue weighted by Crippen LogP contribution is 2.29. The highest BCUT2D eigenvalue weighted by atomic mass is 16.3. The van der Waals surface area contributed by atoms with Gasteiger partial charge in [0, 0.05) is 30.2 Å². The van der Waals surface area contributed by atoms with Gasteiger partial charge in [-0.3, -0.25) is 9.59 Å². The lowest BCUT2D eigenvalue weighted by atomic mass is 9.87. The molecule has 6 nitrogen and oxygen atoms in total. The molecule has 0 spiro atoms. The number of aryl methyl sites for hydroxylation is 1. The third-order valence-electron chi connectivity index (χ3n) is 7.83. The Bertz CT molecular complexity index is 1440. The summed E-state index contributed by atoms with van der Waals surface area (Å²) >= 11 is 0. The maximum absolute atomic E-state index is 13.8. The molecule has 1 unspecified atom stereocenters. The molecule has 240 valence electrons. The second-order valence-corrected chi connectivity index (χ2v) is 14.9. The number of nitrogens with one attached hydrogen (secondary N) is 2. The average Bonchev–Trinajstić information content (AvgIpc) is 2.93. The van der Waals surface area contributed by atoms with E-state index >= 15 is 0 Å². The molecule has 1 aliphatic heterocycles. The number of hydrogen-bond acceptors (Lipinski definition) is 4. The van der Waals surface area contributed by atoms with Gasteiger partial charge in [0.1, 0.15) is 0 Å². The zero-order valence-electron chi connectivity index (χ0n) is 28.7. The summed E-state index contributed by atoms with van der Waals surface area (Å²) in [7, 11) is 1.85. The van der Waals surface area contributed by atoms with E-state index in [1.807, 2.05) is 91.1 Å². The van der Waals surface area contributed by atoms with Gasteiger partial charge in [-0.05, 0) is 113 Å². The fourth-order valence-electron chi connectivity index (χ4n) is 5.40. The van der Waals surface area contributed by atoms with Crippen molar-refractivity contribution in [2.75, 3.05) is 13.6 Å². The smallest absolute Gasteiger partial charge is 0.254 e. The summed E-state index contributed by atoms with van der Waals surface area (Å²) in [5.41, 5.74) is 4.74. The molecule has 0 saturated heterocycles. The molecule has 3 aromatic rings. The molecule has 3 aromatic carbocycles. The number of carbonyl (C=O) groups excluding carboxylic acids is 2. The number of rotatable bonds is 7. The van der Waals surface area contributed by atoms with Crippen molar-refractivity contribution in [3.05, 3.63) is 81.9 Å². The maximum Gasteiger partial charge on any atom is 0.254 e. The number of fused-ring (bicyclic) bond motifs is 2. The number of aliphatic hydroxyl groups excluding tert-OH is 1. The lowest BCUT2D eigenvalue weighted by Crippen LogP contribution is -2.44. The van der Waals surface area contributed by atoms with Crippen LogP contribution in [-0.4, -0.2) is 52.6 Å². The van der Waals surface area contributed by atoms with Gasteiger partial charge in [0.15, 0.2) is 0 Å². The Morgan fingerprint density at radius 2 is 1.57 bits per heavy atom. The normalized spacial score (nSPS) is 14.0. The van der Waals surface area contributed by atoms with Gasteiger partial charge in [0.2, 0.25) is 0 Å². The summed E-state index contributed by atoms with van der Waals surface area (Å²) < 4.78 is 0. The van der Waals surface area contributed by atoms with Crippen LogP contribution in [0.5, 0.6) is 0 Å². The van der Waals surface area contributed by atoms with Crippen LogP contribution in [0, 0.1) is 5.92 Å². The number of benzene rings is 3. The summed E-state index contributed by atoms with van der Waals surface area (Å²) in [6.45, 7) is 20.1. The van der Waals surface area contributed by atoms with Gasteiger partial charge >= 0.3 is 0 Å². The van der Waals surface area contributed by atoms with Crippen LogP contribution in [0.15, 0.2) is 48.5 Å². The van der Waals surface area contributed by atoms with Crippen LogP contribution in [0.1, 0.15) is 112 Å². The minimum atomic E-state index is -0.661. The van der Waals surface area contributed by atoms with Crippen LogP contribution in [0.2, 0.25) is 0 Å². The first-order chi connectivity index (χ1) is 20.5. The second-order valence-electron chi connectivity index (χ2n) is 14.9. The van der Waals surface area contributed by atoms with Gasteiger partial charge in [-0.1, -0.05) is 69.3 Å². The minimum absolute atomic E-state index is 0.00841. The topological polar surface area (TPSA) is 81.7 Å². The van der Waals surface area contributed by atoms with E-state index in [4.69, 9.17) is 0 Å². The van der Waals surface area contributed by atoms with Gasteiger partial charge in [0.25, 0.3) is 11.8 Å². The van der Waals surface area contributed by atoms with Gasteiger partial charge in [0.05, 0.1) is 11.7 Å². The summed E-state index contributed by atoms with van der Waals surface area (Å²) in [6.07, 6.45) is 1.64. The monoisotopic (exact) mass is 601 g/mol. The van der Waals surface area contributed by atoms with Crippen LogP contribution >= 0.6 is 0 Å². The molecule has 0 aliphatic carbocycles. The zero-order chi connectivity index (χ0) is 32.8. The van der Waals surface area contributed by atoms with Gasteiger partial charge in [-0.15, -0.1) is 0 Å². The van der Waals surface area contributed by atoms with Gasteiger partial charge in [-0.2, -0.15) is 0 Å². The quantitative estimate of drug-likeness (QED) is 0.270. The Balaban J connectivity index is 0.00000124. The number of aliphatic hydroxyl groups is 1. The fourth-order valence-corrected chi connectivity index (χ4v) is 5.40. The second kappa shape index (κ2) is 14.7. The Kier molecular flexibility index (Phi) is 11.8. The first kappa shape index (κ1) is 35.3. The Labute approximate surface area is 265 Å². The fraction of sp³-hybridized carbons (Fsp3) is 0.526. The maximum atomic E-state index is 13.8. The Hall–Kier alpha value is -3.22. The van der Waals surface area contributed by atoms with Crippen molar-refractivity contribution in [1.29, 1.82) is 0 Å². The minimum Gasteiger partial charge on any atom is -0.393 e. The molecule has 0 radical (unpaired) electrons. The summed E-state index contributed by atoms with van der Waals surface area (Å²) in [6, 6.07) is 16.1.